The summed E-state index contributed by atoms with van der Waals surface area (Å²) in [7, 11) is 0. The number of ketones is 1. The van der Waals surface area contributed by atoms with E-state index in [1.165, 1.54) is 6.92 Å². The van der Waals surface area contributed by atoms with Gasteiger partial charge in [-0.25, -0.2) is 0 Å². The molecule has 0 bridgehead atoms. The quantitative estimate of drug-likeness (QED) is 0.573. The van der Waals surface area contributed by atoms with Gasteiger partial charge < -0.3 is 5.32 Å². The summed E-state index contributed by atoms with van der Waals surface area (Å²) in [4.78, 5) is 21.0. The highest BCUT2D eigenvalue weighted by Gasteiger charge is 2.00. The molecular weight excluding hydrogens is 130 g/mol. The lowest BCUT2D eigenvalue weighted by atomic mass is 10.3. The Hall–Kier alpha value is -1.12. The molecule has 1 amide bonds. The molecule has 0 atom stereocenters. The molecule has 0 aliphatic carbocycles. The zero-order valence-corrected chi connectivity index (χ0v) is 6.23. The third-order valence-corrected chi connectivity index (χ3v) is 0.886. The molecule has 0 aromatic heterocycles. The fourth-order valence-corrected chi connectivity index (χ4v) is 0.356. The molecule has 0 fully saturated rings. The molecule has 0 aliphatic rings. The average Bonchev–Trinajstić information content (AvgIpc) is 1.82. The highest BCUT2D eigenvalue weighted by Crippen LogP contribution is 1.83. The van der Waals surface area contributed by atoms with Crippen molar-refractivity contribution in [1.29, 1.82) is 0 Å². The Balaban J connectivity index is 3.60. The van der Waals surface area contributed by atoms with Gasteiger partial charge in [-0.2, -0.15) is 0 Å². The molecule has 3 heteroatoms. The van der Waals surface area contributed by atoms with E-state index in [9.17, 15) is 9.59 Å². The Morgan fingerprint density at radius 2 is 1.90 bits per heavy atom. The van der Waals surface area contributed by atoms with Gasteiger partial charge in [-0.05, 0) is 13.8 Å². The van der Waals surface area contributed by atoms with Gasteiger partial charge in [0.25, 0.3) is 0 Å². The number of hydrogen-bond acceptors (Lipinski definition) is 2. The number of carbonyl (C=O) groups is 2. The molecule has 0 rings (SSSR count). The van der Waals surface area contributed by atoms with Crippen molar-refractivity contribution in [2.24, 2.45) is 0 Å². The second-order valence-electron chi connectivity index (χ2n) is 2.17. The maximum atomic E-state index is 10.7. The summed E-state index contributed by atoms with van der Waals surface area (Å²) >= 11 is 0. The molecule has 3 nitrogen and oxygen atoms in total. The van der Waals surface area contributed by atoms with E-state index >= 15 is 0 Å². The number of carbonyl (C=O) groups excluding carboxylic acids is 2. The van der Waals surface area contributed by atoms with Crippen LogP contribution in [-0.2, 0) is 9.59 Å². The molecule has 0 heterocycles. The topological polar surface area (TPSA) is 46.2 Å². The molecule has 0 aromatic carbocycles. The minimum Gasteiger partial charge on any atom is -0.345 e. The first-order chi connectivity index (χ1) is 4.54. The Labute approximate surface area is 60.1 Å². The summed E-state index contributed by atoms with van der Waals surface area (Å²) in [6, 6.07) is 0. The molecule has 1 N–H and O–H groups in total. The second kappa shape index (κ2) is 3.82. The van der Waals surface area contributed by atoms with Crippen LogP contribution >= 0.6 is 0 Å². The fraction of sp³-hybridized carbons (Fsp3) is 0.429. The number of Topliss-reactive ketones (excluding diaryl/α,β-unsaturated/α-hetero) is 1. The molecule has 0 aliphatic heterocycles. The first kappa shape index (κ1) is 8.88. The number of rotatable bonds is 3. The molecule has 0 aromatic rings. The average molecular weight is 141 g/mol. The zero-order valence-electron chi connectivity index (χ0n) is 6.23. The van der Waals surface area contributed by atoms with E-state index in [2.05, 4.69) is 11.9 Å². The van der Waals surface area contributed by atoms with E-state index in [0.29, 0.717) is 5.57 Å². The van der Waals surface area contributed by atoms with Crippen LogP contribution in [0.5, 0.6) is 0 Å². The molecule has 0 unspecified atom stereocenters. The molecule has 0 radical (unpaired) electrons. The van der Waals surface area contributed by atoms with Crippen molar-refractivity contribution in [2.75, 3.05) is 6.54 Å². The van der Waals surface area contributed by atoms with E-state index in [1.807, 2.05) is 0 Å². The summed E-state index contributed by atoms with van der Waals surface area (Å²) < 4.78 is 0. The summed E-state index contributed by atoms with van der Waals surface area (Å²) in [6.07, 6.45) is 0. The lowest BCUT2D eigenvalue weighted by Gasteiger charge is -1.99. The van der Waals surface area contributed by atoms with E-state index in [0.717, 1.165) is 0 Å². The summed E-state index contributed by atoms with van der Waals surface area (Å²) in [5.41, 5.74) is 0.418. The lowest BCUT2D eigenvalue weighted by molar-refractivity contribution is -0.122. The predicted molar refractivity (Wildman–Crippen MR) is 38.5 cm³/mol. The van der Waals surface area contributed by atoms with Crippen molar-refractivity contribution in [3.8, 4) is 0 Å². The van der Waals surface area contributed by atoms with Crippen molar-refractivity contribution in [3.63, 3.8) is 0 Å². The van der Waals surface area contributed by atoms with Crippen LogP contribution in [0.15, 0.2) is 12.2 Å². The van der Waals surface area contributed by atoms with Gasteiger partial charge in [-0.1, -0.05) is 6.58 Å². The van der Waals surface area contributed by atoms with Crippen LogP contribution in [0.3, 0.4) is 0 Å². The van der Waals surface area contributed by atoms with Crippen molar-refractivity contribution >= 4 is 11.7 Å². The Morgan fingerprint density at radius 3 is 2.20 bits per heavy atom. The largest absolute Gasteiger partial charge is 0.345 e. The molecule has 10 heavy (non-hydrogen) atoms. The lowest BCUT2D eigenvalue weighted by Crippen LogP contribution is -2.28. The van der Waals surface area contributed by atoms with Crippen molar-refractivity contribution in [3.05, 3.63) is 12.2 Å². The van der Waals surface area contributed by atoms with Gasteiger partial charge in [0.05, 0.1) is 6.54 Å². The van der Waals surface area contributed by atoms with Gasteiger partial charge in [0.15, 0.2) is 0 Å². The maximum absolute atomic E-state index is 10.7. The van der Waals surface area contributed by atoms with Crippen LogP contribution in [0, 0.1) is 0 Å². The normalized spacial score (nSPS) is 8.60. The van der Waals surface area contributed by atoms with Crippen LogP contribution in [-0.4, -0.2) is 18.2 Å². The fourth-order valence-electron chi connectivity index (χ4n) is 0.356. The van der Waals surface area contributed by atoms with Crippen molar-refractivity contribution < 1.29 is 9.59 Å². The van der Waals surface area contributed by atoms with Crippen LogP contribution in [0.25, 0.3) is 0 Å². The SMILES string of the molecule is C=C(C)C(=O)NCC(C)=O. The molecule has 0 spiro atoms. The zero-order chi connectivity index (χ0) is 8.15. The molecule has 0 saturated carbocycles. The first-order valence-electron chi connectivity index (χ1n) is 2.97. The number of nitrogens with one attached hydrogen (secondary N) is 1. The highest BCUT2D eigenvalue weighted by atomic mass is 16.2. The van der Waals surface area contributed by atoms with Gasteiger partial charge in [-0.15, -0.1) is 0 Å². The number of hydrogen-bond donors (Lipinski definition) is 1. The van der Waals surface area contributed by atoms with E-state index in [-0.39, 0.29) is 18.2 Å². The Morgan fingerprint density at radius 1 is 1.40 bits per heavy atom. The Bertz CT molecular complexity index is 172. The van der Waals surface area contributed by atoms with E-state index in [1.54, 1.807) is 6.92 Å². The van der Waals surface area contributed by atoms with Gasteiger partial charge in [-0.3, -0.25) is 9.59 Å². The second-order valence-corrected chi connectivity index (χ2v) is 2.17. The van der Waals surface area contributed by atoms with Gasteiger partial charge >= 0.3 is 0 Å². The van der Waals surface area contributed by atoms with E-state index < -0.39 is 0 Å². The smallest absolute Gasteiger partial charge is 0.246 e. The molecular formula is C7H11NO2. The Kier molecular flexibility index (Phi) is 3.39. The van der Waals surface area contributed by atoms with Gasteiger partial charge in [0, 0.05) is 5.57 Å². The van der Waals surface area contributed by atoms with Crippen LogP contribution in [0.2, 0.25) is 0 Å². The van der Waals surface area contributed by atoms with E-state index in [4.69, 9.17) is 0 Å². The van der Waals surface area contributed by atoms with Crippen LogP contribution in [0.1, 0.15) is 13.8 Å². The standard InChI is InChI=1S/C7H11NO2/c1-5(2)7(10)8-4-6(3)9/h1,4H2,2-3H3,(H,8,10). The predicted octanol–water partition coefficient (Wildman–Crippen LogP) is 0.268. The summed E-state index contributed by atoms with van der Waals surface area (Å²) in [5, 5.41) is 2.39. The molecule has 0 saturated heterocycles. The van der Waals surface area contributed by atoms with Gasteiger partial charge in [0.2, 0.25) is 5.91 Å². The van der Waals surface area contributed by atoms with Crippen molar-refractivity contribution in [1.82, 2.24) is 5.32 Å². The minimum absolute atomic E-state index is 0.0606. The minimum atomic E-state index is -0.268. The first-order valence-corrected chi connectivity index (χ1v) is 2.97. The molecule has 56 valence electrons. The highest BCUT2D eigenvalue weighted by molar-refractivity contribution is 5.94. The summed E-state index contributed by atoms with van der Waals surface area (Å²) in [6.45, 7) is 6.51. The van der Waals surface area contributed by atoms with Crippen LogP contribution < -0.4 is 5.32 Å². The van der Waals surface area contributed by atoms with Crippen molar-refractivity contribution in [2.45, 2.75) is 13.8 Å². The third kappa shape index (κ3) is 3.83. The monoisotopic (exact) mass is 141 g/mol. The van der Waals surface area contributed by atoms with Gasteiger partial charge in [0.1, 0.15) is 5.78 Å². The summed E-state index contributed by atoms with van der Waals surface area (Å²) in [5.74, 6) is -0.329. The third-order valence-electron chi connectivity index (χ3n) is 0.886. The maximum Gasteiger partial charge on any atom is 0.246 e. The van der Waals surface area contributed by atoms with Crippen LogP contribution in [0.4, 0.5) is 0 Å². The number of amides is 1.